The lowest BCUT2D eigenvalue weighted by Gasteiger charge is -2.19. The fourth-order valence-electron chi connectivity index (χ4n) is 2.89. The number of ether oxygens (including phenoxy) is 3. The summed E-state index contributed by atoms with van der Waals surface area (Å²) in [5.41, 5.74) is 2.87. The van der Waals surface area contributed by atoms with Crippen LogP contribution in [0.25, 0.3) is 0 Å². The first-order valence-electron chi connectivity index (χ1n) is 9.12. The molecule has 0 radical (unpaired) electrons. The minimum atomic E-state index is -0.998. The van der Waals surface area contributed by atoms with Crippen molar-refractivity contribution in [2.45, 2.75) is 39.7 Å². The Balaban J connectivity index is 2.19. The summed E-state index contributed by atoms with van der Waals surface area (Å²) >= 11 is 0. The number of hydrogen-bond donors (Lipinski definition) is 1. The molecule has 0 spiro atoms. The lowest BCUT2D eigenvalue weighted by molar-refractivity contribution is -0.123. The molecule has 1 atom stereocenters. The largest absolute Gasteiger partial charge is 0.496 e. The molecule has 6 nitrogen and oxygen atoms in total. The number of carbonyl (C=O) groups is 2. The van der Waals surface area contributed by atoms with Crippen LogP contribution in [-0.2, 0) is 9.53 Å². The van der Waals surface area contributed by atoms with Gasteiger partial charge in [-0.1, -0.05) is 38.1 Å². The summed E-state index contributed by atoms with van der Waals surface area (Å²) in [5.74, 6) is -0.217. The number of amides is 1. The summed E-state index contributed by atoms with van der Waals surface area (Å²) in [4.78, 5) is 25.3. The lowest BCUT2D eigenvalue weighted by Crippen LogP contribution is -2.31. The first-order chi connectivity index (χ1) is 13.3. The molecule has 2 aromatic carbocycles. The number of nitrogens with one attached hydrogen (secondary N) is 1. The van der Waals surface area contributed by atoms with Gasteiger partial charge >= 0.3 is 5.97 Å². The van der Waals surface area contributed by atoms with Crippen molar-refractivity contribution in [3.05, 3.63) is 53.1 Å². The molecule has 0 fully saturated rings. The number of anilines is 1. The molecule has 0 bridgehead atoms. The number of carbonyl (C=O) groups excluding carboxylic acids is 2. The maximum atomic E-state index is 12.7. The molecule has 1 amide bonds. The number of benzene rings is 2. The Bertz CT molecular complexity index is 838. The SMILES string of the molecule is COc1cccc(OC)c1C(=O)O[C@@H](C)C(=O)Nc1c(C)cccc1C(C)C. The van der Waals surface area contributed by atoms with E-state index in [1.165, 1.54) is 21.1 Å². The van der Waals surface area contributed by atoms with Gasteiger partial charge in [0.25, 0.3) is 5.91 Å². The molecule has 2 rings (SSSR count). The second-order valence-electron chi connectivity index (χ2n) is 6.77. The van der Waals surface area contributed by atoms with Crippen molar-refractivity contribution in [1.29, 1.82) is 0 Å². The zero-order chi connectivity index (χ0) is 20.8. The predicted octanol–water partition coefficient (Wildman–Crippen LogP) is 4.32. The summed E-state index contributed by atoms with van der Waals surface area (Å²) in [7, 11) is 2.90. The molecular formula is C22H27NO5. The van der Waals surface area contributed by atoms with E-state index < -0.39 is 18.0 Å². The van der Waals surface area contributed by atoms with Crippen LogP contribution >= 0.6 is 0 Å². The minimum Gasteiger partial charge on any atom is -0.496 e. The van der Waals surface area contributed by atoms with E-state index >= 15 is 0 Å². The average Bonchev–Trinajstić information content (AvgIpc) is 2.68. The van der Waals surface area contributed by atoms with Gasteiger partial charge in [0.15, 0.2) is 6.10 Å². The van der Waals surface area contributed by atoms with Crippen LogP contribution in [-0.4, -0.2) is 32.2 Å². The summed E-state index contributed by atoms with van der Waals surface area (Å²) in [5, 5.41) is 2.90. The molecular weight excluding hydrogens is 358 g/mol. The van der Waals surface area contributed by atoms with E-state index in [0.717, 1.165) is 16.8 Å². The second-order valence-corrected chi connectivity index (χ2v) is 6.77. The van der Waals surface area contributed by atoms with Crippen LogP contribution in [0.5, 0.6) is 11.5 Å². The zero-order valence-electron chi connectivity index (χ0n) is 17.2. The topological polar surface area (TPSA) is 73.9 Å². The third kappa shape index (κ3) is 4.63. The van der Waals surface area contributed by atoms with E-state index in [1.54, 1.807) is 18.2 Å². The average molecular weight is 385 g/mol. The number of aryl methyl sites for hydroxylation is 1. The third-order valence-electron chi connectivity index (χ3n) is 4.46. The molecule has 0 saturated carbocycles. The van der Waals surface area contributed by atoms with Crippen LogP contribution in [0.3, 0.4) is 0 Å². The number of para-hydroxylation sites is 1. The van der Waals surface area contributed by atoms with Crippen molar-refractivity contribution >= 4 is 17.6 Å². The standard InChI is InChI=1S/C22H27NO5/c1-13(2)16-10-7-9-14(3)20(16)23-21(24)15(4)28-22(25)19-17(26-5)11-8-12-18(19)27-6/h7-13,15H,1-6H3,(H,23,24)/t15-/m0/s1. The van der Waals surface area contributed by atoms with Crippen LogP contribution in [0.2, 0.25) is 0 Å². The predicted molar refractivity (Wildman–Crippen MR) is 108 cm³/mol. The van der Waals surface area contributed by atoms with E-state index in [4.69, 9.17) is 14.2 Å². The molecule has 0 aliphatic rings. The highest BCUT2D eigenvalue weighted by Crippen LogP contribution is 2.30. The fraction of sp³-hybridized carbons (Fsp3) is 0.364. The van der Waals surface area contributed by atoms with Crippen LogP contribution < -0.4 is 14.8 Å². The van der Waals surface area contributed by atoms with Crippen LogP contribution in [0.15, 0.2) is 36.4 Å². The number of hydrogen-bond acceptors (Lipinski definition) is 5. The quantitative estimate of drug-likeness (QED) is 0.719. The van der Waals surface area contributed by atoms with Crippen molar-refractivity contribution in [3.8, 4) is 11.5 Å². The highest BCUT2D eigenvalue weighted by Gasteiger charge is 2.25. The molecule has 2 aromatic rings. The van der Waals surface area contributed by atoms with E-state index in [0.29, 0.717) is 11.5 Å². The normalized spacial score (nSPS) is 11.7. The van der Waals surface area contributed by atoms with Crippen molar-refractivity contribution < 1.29 is 23.8 Å². The summed E-state index contributed by atoms with van der Waals surface area (Å²) < 4.78 is 15.8. The van der Waals surface area contributed by atoms with E-state index in [2.05, 4.69) is 19.2 Å². The molecule has 0 saturated heterocycles. The number of methoxy groups -OCH3 is 2. The monoisotopic (exact) mass is 385 g/mol. The van der Waals surface area contributed by atoms with E-state index in [9.17, 15) is 9.59 Å². The Hall–Kier alpha value is -3.02. The Kier molecular flexibility index (Phi) is 7.04. The van der Waals surface area contributed by atoms with Crippen molar-refractivity contribution in [1.82, 2.24) is 0 Å². The first kappa shape index (κ1) is 21.3. The zero-order valence-corrected chi connectivity index (χ0v) is 17.2. The van der Waals surface area contributed by atoms with Crippen LogP contribution in [0.1, 0.15) is 48.2 Å². The minimum absolute atomic E-state index is 0.144. The highest BCUT2D eigenvalue weighted by molar-refractivity contribution is 6.00. The van der Waals surface area contributed by atoms with E-state index in [-0.39, 0.29) is 11.5 Å². The smallest absolute Gasteiger partial charge is 0.346 e. The van der Waals surface area contributed by atoms with Gasteiger partial charge < -0.3 is 19.5 Å². The van der Waals surface area contributed by atoms with Gasteiger partial charge in [-0.25, -0.2) is 4.79 Å². The van der Waals surface area contributed by atoms with Gasteiger partial charge in [0, 0.05) is 5.69 Å². The first-order valence-corrected chi connectivity index (χ1v) is 9.12. The molecule has 6 heteroatoms. The second kappa shape index (κ2) is 9.26. The van der Waals surface area contributed by atoms with Gasteiger partial charge in [-0.15, -0.1) is 0 Å². The number of esters is 1. The summed E-state index contributed by atoms with van der Waals surface area (Å²) in [6.07, 6.45) is -0.998. The molecule has 0 aliphatic carbocycles. The molecule has 28 heavy (non-hydrogen) atoms. The molecule has 0 aromatic heterocycles. The van der Waals surface area contributed by atoms with Crippen molar-refractivity contribution in [2.24, 2.45) is 0 Å². The molecule has 1 N–H and O–H groups in total. The van der Waals surface area contributed by atoms with Crippen molar-refractivity contribution in [2.75, 3.05) is 19.5 Å². The highest BCUT2D eigenvalue weighted by atomic mass is 16.6. The van der Waals surface area contributed by atoms with Crippen molar-refractivity contribution in [3.63, 3.8) is 0 Å². The Morgan fingerprint density at radius 3 is 2.04 bits per heavy atom. The molecule has 0 unspecified atom stereocenters. The van der Waals surface area contributed by atoms with Gasteiger partial charge in [-0.3, -0.25) is 4.79 Å². The van der Waals surface area contributed by atoms with Gasteiger partial charge in [0.05, 0.1) is 14.2 Å². The molecule has 0 aliphatic heterocycles. The number of rotatable bonds is 7. The maximum absolute atomic E-state index is 12.7. The summed E-state index contributed by atoms with van der Waals surface area (Å²) in [6, 6.07) is 10.8. The Labute approximate surface area is 165 Å². The van der Waals surface area contributed by atoms with Gasteiger partial charge in [-0.05, 0) is 43.0 Å². The lowest BCUT2D eigenvalue weighted by atomic mass is 9.98. The fourth-order valence-corrected chi connectivity index (χ4v) is 2.89. The van der Waals surface area contributed by atoms with Gasteiger partial charge in [-0.2, -0.15) is 0 Å². The maximum Gasteiger partial charge on any atom is 0.346 e. The Morgan fingerprint density at radius 1 is 0.929 bits per heavy atom. The Morgan fingerprint density at radius 2 is 1.50 bits per heavy atom. The van der Waals surface area contributed by atoms with Gasteiger partial charge in [0.2, 0.25) is 0 Å². The van der Waals surface area contributed by atoms with Crippen LogP contribution in [0.4, 0.5) is 5.69 Å². The van der Waals surface area contributed by atoms with E-state index in [1.807, 2.05) is 25.1 Å². The van der Waals surface area contributed by atoms with Gasteiger partial charge in [0.1, 0.15) is 17.1 Å². The third-order valence-corrected chi connectivity index (χ3v) is 4.46. The van der Waals surface area contributed by atoms with Crippen LogP contribution in [0, 0.1) is 6.92 Å². The molecule has 0 heterocycles. The summed E-state index contributed by atoms with van der Waals surface area (Å²) in [6.45, 7) is 7.57. The molecule has 150 valence electrons.